The molecule has 0 bridgehead atoms. The molecule has 0 atom stereocenters. The number of hydrogen-bond donors (Lipinski definition) is 0. The van der Waals surface area contributed by atoms with Crippen LogP contribution in [0.15, 0.2) is 47.4 Å². The van der Waals surface area contributed by atoms with Crippen LogP contribution in [0.5, 0.6) is 0 Å². The fraction of sp³-hybridized carbons (Fsp3) is 0.214. The van der Waals surface area contributed by atoms with Crippen LogP contribution in [0.25, 0.3) is 5.69 Å². The number of aromatic nitrogens is 1. The Hall–Kier alpha value is -1.87. The van der Waals surface area contributed by atoms with Crippen molar-refractivity contribution in [2.45, 2.75) is 13.4 Å². The lowest BCUT2D eigenvalue weighted by Crippen LogP contribution is -2.17. The molecule has 3 heteroatoms. The quantitative estimate of drug-likeness (QED) is 0.820. The van der Waals surface area contributed by atoms with E-state index in [9.17, 15) is 4.79 Å². The molecule has 88 valence electrons. The maximum absolute atomic E-state index is 12.0. The van der Waals surface area contributed by atoms with E-state index in [2.05, 4.69) is 4.74 Å². The second kappa shape index (κ2) is 4.97. The molecule has 0 aliphatic rings. The van der Waals surface area contributed by atoms with Gasteiger partial charge in [0.05, 0.1) is 13.4 Å². The van der Waals surface area contributed by atoms with Crippen molar-refractivity contribution in [1.82, 2.24) is 4.57 Å². The summed E-state index contributed by atoms with van der Waals surface area (Å²) in [6, 6.07) is 7.72. The van der Waals surface area contributed by atoms with Crippen molar-refractivity contribution in [1.29, 1.82) is 0 Å². The Balaban J connectivity index is 2.45. The third kappa shape index (κ3) is 2.63. The van der Waals surface area contributed by atoms with E-state index in [-0.39, 0.29) is 11.1 Å². The molecular formula is C14H15NO2. The third-order valence-electron chi connectivity index (χ3n) is 2.23. The minimum Gasteiger partial charge on any atom is -0.380 e. The highest BCUT2D eigenvalue weighted by molar-refractivity contribution is 5.35. The van der Waals surface area contributed by atoms with Crippen LogP contribution in [0.1, 0.15) is 22.1 Å². The van der Waals surface area contributed by atoms with Crippen molar-refractivity contribution in [2.24, 2.45) is 0 Å². The van der Waals surface area contributed by atoms with Crippen LogP contribution in [0, 0.1) is 6.85 Å². The number of methoxy groups -OCH3 is 1. The molecule has 0 unspecified atom stereocenters. The molecular weight excluding hydrogens is 214 g/mol. The molecule has 2 aromatic rings. The second-order valence-corrected chi connectivity index (χ2v) is 3.38. The molecule has 0 N–H and O–H groups in total. The lowest BCUT2D eigenvalue weighted by atomic mass is 10.2. The number of aryl methyl sites for hydroxylation is 1. The topological polar surface area (TPSA) is 31.2 Å². The second-order valence-electron chi connectivity index (χ2n) is 3.38. The zero-order valence-electron chi connectivity index (χ0n) is 16.8. The van der Waals surface area contributed by atoms with Gasteiger partial charge in [-0.15, -0.1) is 0 Å². The minimum absolute atomic E-state index is 0.0986. The predicted octanol–water partition coefficient (Wildman–Crippen LogP) is 2.29. The van der Waals surface area contributed by atoms with Gasteiger partial charge in [0.25, 0.3) is 5.56 Å². The highest BCUT2D eigenvalue weighted by Gasteiger charge is 2.01. The first kappa shape index (κ1) is 5.19. The summed E-state index contributed by atoms with van der Waals surface area (Å²) in [6.07, 6.45) is 1.12. The number of pyridine rings is 1. The summed E-state index contributed by atoms with van der Waals surface area (Å²) in [6.45, 7) is -4.92. The standard InChI is InChI=1S/C14H15NO2/c1-11-3-6-13(7-4-11)15-9-12(10-17-2)5-8-14(15)16/h3-9H,10H2,1-2H3/i1D3,2D3,10D2. The first-order valence-electron chi connectivity index (χ1n) is 8.84. The first-order chi connectivity index (χ1) is 11.3. The lowest BCUT2D eigenvalue weighted by Gasteiger charge is -2.08. The van der Waals surface area contributed by atoms with Crippen molar-refractivity contribution < 1.29 is 15.7 Å². The molecule has 1 heterocycles. The molecule has 0 saturated heterocycles. The largest absolute Gasteiger partial charge is 0.380 e. The summed E-state index contributed by atoms with van der Waals surface area (Å²) in [5, 5.41) is 0. The zero-order chi connectivity index (χ0) is 19.0. The van der Waals surface area contributed by atoms with Crippen molar-refractivity contribution >= 4 is 0 Å². The molecule has 1 aromatic carbocycles. The monoisotopic (exact) mass is 237 g/mol. The molecule has 0 radical (unpaired) electrons. The van der Waals surface area contributed by atoms with Gasteiger partial charge in [0, 0.05) is 29.1 Å². The maximum Gasteiger partial charge on any atom is 0.255 e. The Morgan fingerprint density at radius 3 is 2.82 bits per heavy atom. The Morgan fingerprint density at radius 1 is 1.29 bits per heavy atom. The molecule has 0 saturated carbocycles. The molecule has 0 aliphatic heterocycles. The van der Waals surface area contributed by atoms with Crippen LogP contribution in [0.2, 0.25) is 0 Å². The van der Waals surface area contributed by atoms with E-state index in [0.29, 0.717) is 5.69 Å². The molecule has 0 aliphatic carbocycles. The normalized spacial score (nSPS) is 19.8. The predicted molar refractivity (Wildman–Crippen MR) is 67.5 cm³/mol. The van der Waals surface area contributed by atoms with Gasteiger partial charge in [-0.1, -0.05) is 17.7 Å². The third-order valence-corrected chi connectivity index (χ3v) is 2.23. The number of hydrogen-bond acceptors (Lipinski definition) is 2. The van der Waals surface area contributed by atoms with Crippen LogP contribution < -0.4 is 5.56 Å². The molecule has 17 heavy (non-hydrogen) atoms. The molecule has 2 rings (SSSR count). The van der Waals surface area contributed by atoms with Crippen LogP contribution in [0.3, 0.4) is 0 Å². The Morgan fingerprint density at radius 2 is 2.12 bits per heavy atom. The number of rotatable bonds is 3. The zero-order valence-corrected chi connectivity index (χ0v) is 8.81. The lowest BCUT2D eigenvalue weighted by molar-refractivity contribution is 0.184. The number of ether oxygens (including phenoxy) is 1. The van der Waals surface area contributed by atoms with Gasteiger partial charge in [0.1, 0.15) is 0 Å². The highest BCUT2D eigenvalue weighted by Crippen LogP contribution is 2.08. The molecule has 0 fully saturated rings. The summed E-state index contributed by atoms with van der Waals surface area (Å²) in [5.74, 6) is 0. The number of benzene rings is 1. The Bertz CT molecular complexity index is 805. The maximum atomic E-state index is 12.0. The van der Waals surface area contributed by atoms with E-state index in [1.165, 1.54) is 24.3 Å². The van der Waals surface area contributed by atoms with E-state index < -0.39 is 26.0 Å². The van der Waals surface area contributed by atoms with Crippen LogP contribution in [-0.2, 0) is 11.3 Å². The molecule has 3 nitrogen and oxygen atoms in total. The van der Waals surface area contributed by atoms with E-state index in [0.717, 1.165) is 22.9 Å². The molecule has 1 aromatic heterocycles. The Labute approximate surface area is 112 Å². The minimum atomic E-state index is -2.95. The Kier molecular flexibility index (Phi) is 1.52. The van der Waals surface area contributed by atoms with Crippen molar-refractivity contribution in [3.8, 4) is 5.69 Å². The average Bonchev–Trinajstić information content (AvgIpc) is 2.44. The van der Waals surface area contributed by atoms with Gasteiger partial charge in [0.2, 0.25) is 0 Å². The summed E-state index contributed by atoms with van der Waals surface area (Å²) < 4.78 is 64.1. The van der Waals surface area contributed by atoms with E-state index in [1.807, 2.05) is 0 Å². The van der Waals surface area contributed by atoms with Crippen molar-refractivity contribution in [3.63, 3.8) is 0 Å². The number of nitrogens with zero attached hydrogens (tertiary/aromatic N) is 1. The summed E-state index contributed by atoms with van der Waals surface area (Å²) in [7, 11) is -2.95. The van der Waals surface area contributed by atoms with E-state index in [4.69, 9.17) is 11.0 Å². The molecule has 0 amide bonds. The van der Waals surface area contributed by atoms with Crippen LogP contribution in [0.4, 0.5) is 0 Å². The van der Waals surface area contributed by atoms with Crippen molar-refractivity contribution in [3.05, 3.63) is 64.1 Å². The van der Waals surface area contributed by atoms with Gasteiger partial charge in [-0.3, -0.25) is 9.36 Å². The average molecular weight is 237 g/mol. The van der Waals surface area contributed by atoms with Crippen LogP contribution in [-0.4, -0.2) is 11.6 Å². The van der Waals surface area contributed by atoms with Crippen molar-refractivity contribution in [2.75, 3.05) is 7.04 Å². The van der Waals surface area contributed by atoms with Gasteiger partial charge < -0.3 is 4.74 Å². The smallest absolute Gasteiger partial charge is 0.255 e. The molecule has 0 spiro atoms. The summed E-state index contributed by atoms with van der Waals surface area (Å²) in [4.78, 5) is 12.0. The van der Waals surface area contributed by atoms with E-state index in [1.54, 1.807) is 0 Å². The summed E-state index contributed by atoms with van der Waals surface area (Å²) >= 11 is 0. The van der Waals surface area contributed by atoms with Gasteiger partial charge in [-0.05, 0) is 30.6 Å². The highest BCUT2D eigenvalue weighted by atomic mass is 16.5. The van der Waals surface area contributed by atoms with Gasteiger partial charge in [0.15, 0.2) is 0 Å². The first-order valence-corrected chi connectivity index (χ1v) is 4.84. The van der Waals surface area contributed by atoms with Gasteiger partial charge in [-0.25, -0.2) is 0 Å². The van der Waals surface area contributed by atoms with E-state index >= 15 is 0 Å². The summed E-state index contributed by atoms with van der Waals surface area (Å²) in [5.41, 5.74) is -0.246. The van der Waals surface area contributed by atoms with Gasteiger partial charge >= 0.3 is 0 Å². The SMILES string of the molecule is [2H]C([2H])([2H])OC([2H])([2H])c1ccc(=O)n(-c2ccc(C([2H])([2H])[2H])cc2)c1. The fourth-order valence-corrected chi connectivity index (χ4v) is 1.43. The van der Waals surface area contributed by atoms with Crippen LogP contribution >= 0.6 is 0 Å². The fourth-order valence-electron chi connectivity index (χ4n) is 1.43. The van der Waals surface area contributed by atoms with Gasteiger partial charge in [-0.2, -0.15) is 0 Å².